The van der Waals surface area contributed by atoms with Crippen molar-refractivity contribution >= 4 is 0 Å². The van der Waals surface area contributed by atoms with E-state index in [4.69, 9.17) is 4.74 Å². The maximum atomic E-state index is 5.30. The average Bonchev–Trinajstić information content (AvgIpc) is 2.16. The van der Waals surface area contributed by atoms with Gasteiger partial charge in [0.05, 0.1) is 7.11 Å². The Morgan fingerprint density at radius 2 is 2.15 bits per heavy atom. The van der Waals surface area contributed by atoms with E-state index in [1.165, 1.54) is 11.1 Å². The molecule has 1 unspecified atom stereocenters. The minimum Gasteiger partial charge on any atom is -0.496 e. The molecule has 1 aromatic carbocycles. The molecule has 0 aliphatic carbocycles. The van der Waals surface area contributed by atoms with Gasteiger partial charge in [0.15, 0.2) is 0 Å². The average molecular weight is 176 g/mol. The second kappa shape index (κ2) is 4.13. The van der Waals surface area contributed by atoms with Crippen molar-refractivity contribution in [3.05, 3.63) is 42.0 Å². The van der Waals surface area contributed by atoms with Crippen molar-refractivity contribution in [2.24, 2.45) is 0 Å². The van der Waals surface area contributed by atoms with Crippen LogP contribution in [0.25, 0.3) is 0 Å². The van der Waals surface area contributed by atoms with E-state index >= 15 is 0 Å². The second-order valence-electron chi connectivity index (χ2n) is 3.27. The highest BCUT2D eigenvalue weighted by Crippen LogP contribution is 2.27. The topological polar surface area (TPSA) is 9.23 Å². The van der Waals surface area contributed by atoms with Gasteiger partial charge >= 0.3 is 0 Å². The lowest BCUT2D eigenvalue weighted by atomic mass is 9.99. The highest BCUT2D eigenvalue weighted by molar-refractivity contribution is 5.40. The third-order valence-corrected chi connectivity index (χ3v) is 2.23. The summed E-state index contributed by atoms with van der Waals surface area (Å²) < 4.78 is 5.30. The third kappa shape index (κ3) is 2.11. The van der Waals surface area contributed by atoms with Crippen LogP contribution in [0.3, 0.4) is 0 Å². The van der Waals surface area contributed by atoms with Crippen LogP contribution in [0.15, 0.2) is 30.9 Å². The molecule has 1 nitrogen and oxygen atoms in total. The summed E-state index contributed by atoms with van der Waals surface area (Å²) in [6, 6.07) is 6.24. The van der Waals surface area contributed by atoms with Crippen LogP contribution < -0.4 is 4.74 Å². The molecule has 0 N–H and O–H groups in total. The lowest BCUT2D eigenvalue weighted by molar-refractivity contribution is 0.408. The maximum Gasteiger partial charge on any atom is 0.122 e. The predicted octanol–water partition coefficient (Wildman–Crippen LogP) is 3.29. The van der Waals surface area contributed by atoms with E-state index in [9.17, 15) is 0 Å². The van der Waals surface area contributed by atoms with E-state index in [-0.39, 0.29) is 0 Å². The molecular formula is C12H16O. The molecule has 1 heteroatoms. The number of hydrogen-bond donors (Lipinski definition) is 0. The highest BCUT2D eigenvalue weighted by atomic mass is 16.5. The zero-order valence-corrected chi connectivity index (χ0v) is 8.50. The smallest absolute Gasteiger partial charge is 0.122 e. The molecule has 0 aliphatic rings. The molecule has 0 heterocycles. The van der Waals surface area contributed by atoms with Crippen LogP contribution in [0.4, 0.5) is 0 Å². The van der Waals surface area contributed by atoms with Gasteiger partial charge in [-0.2, -0.15) is 0 Å². The van der Waals surface area contributed by atoms with Gasteiger partial charge in [0.1, 0.15) is 5.75 Å². The SMILES string of the molecule is C=CC(C)c1ccc(C)cc1OC. The molecule has 0 saturated heterocycles. The quantitative estimate of drug-likeness (QED) is 0.642. The van der Waals surface area contributed by atoms with E-state index in [2.05, 4.69) is 38.6 Å². The molecule has 13 heavy (non-hydrogen) atoms. The van der Waals surface area contributed by atoms with Gasteiger partial charge in [-0.1, -0.05) is 25.1 Å². The molecule has 0 aliphatic heterocycles. The summed E-state index contributed by atoms with van der Waals surface area (Å²) in [5, 5.41) is 0. The zero-order chi connectivity index (χ0) is 9.84. The van der Waals surface area contributed by atoms with Crippen LogP contribution in [-0.2, 0) is 0 Å². The van der Waals surface area contributed by atoms with Crippen LogP contribution >= 0.6 is 0 Å². The normalized spacial score (nSPS) is 12.2. The van der Waals surface area contributed by atoms with Crippen LogP contribution in [0.5, 0.6) is 5.75 Å². The first-order chi connectivity index (χ1) is 6.19. The molecule has 1 aromatic rings. The van der Waals surface area contributed by atoms with Crippen molar-refractivity contribution in [2.75, 3.05) is 7.11 Å². The summed E-state index contributed by atoms with van der Waals surface area (Å²) >= 11 is 0. The van der Waals surface area contributed by atoms with E-state index in [1.807, 2.05) is 6.08 Å². The Morgan fingerprint density at radius 1 is 1.46 bits per heavy atom. The monoisotopic (exact) mass is 176 g/mol. The number of allylic oxidation sites excluding steroid dienone is 1. The number of ether oxygens (including phenoxy) is 1. The van der Waals surface area contributed by atoms with Crippen molar-refractivity contribution in [3.63, 3.8) is 0 Å². The van der Waals surface area contributed by atoms with Crippen molar-refractivity contribution in [2.45, 2.75) is 19.8 Å². The van der Waals surface area contributed by atoms with Crippen molar-refractivity contribution in [1.82, 2.24) is 0 Å². The molecule has 0 aromatic heterocycles. The van der Waals surface area contributed by atoms with Gasteiger partial charge in [0.2, 0.25) is 0 Å². The van der Waals surface area contributed by atoms with Gasteiger partial charge in [-0.15, -0.1) is 6.58 Å². The molecule has 0 fully saturated rings. The third-order valence-electron chi connectivity index (χ3n) is 2.23. The van der Waals surface area contributed by atoms with Gasteiger partial charge in [-0.25, -0.2) is 0 Å². The summed E-state index contributed by atoms with van der Waals surface area (Å²) in [4.78, 5) is 0. The Kier molecular flexibility index (Phi) is 3.13. The molecule has 0 spiro atoms. The Hall–Kier alpha value is -1.24. The van der Waals surface area contributed by atoms with Crippen molar-refractivity contribution in [3.8, 4) is 5.75 Å². The maximum absolute atomic E-state index is 5.30. The minimum absolute atomic E-state index is 0.343. The lowest BCUT2D eigenvalue weighted by Gasteiger charge is -2.12. The Balaban J connectivity index is 3.12. The second-order valence-corrected chi connectivity index (χ2v) is 3.27. The Morgan fingerprint density at radius 3 is 2.69 bits per heavy atom. The molecule has 1 rings (SSSR count). The van der Waals surface area contributed by atoms with E-state index < -0.39 is 0 Å². The minimum atomic E-state index is 0.343. The molecule has 1 atom stereocenters. The largest absolute Gasteiger partial charge is 0.496 e. The fraction of sp³-hybridized carbons (Fsp3) is 0.333. The predicted molar refractivity (Wildman–Crippen MR) is 56.3 cm³/mol. The van der Waals surface area contributed by atoms with Crippen LogP contribution in [0, 0.1) is 6.92 Å². The van der Waals surface area contributed by atoms with Gasteiger partial charge in [0.25, 0.3) is 0 Å². The molecule has 0 amide bonds. The van der Waals surface area contributed by atoms with Gasteiger partial charge in [-0.05, 0) is 18.6 Å². The summed E-state index contributed by atoms with van der Waals surface area (Å²) in [6.07, 6.45) is 1.92. The van der Waals surface area contributed by atoms with E-state index in [0.29, 0.717) is 5.92 Å². The fourth-order valence-corrected chi connectivity index (χ4v) is 1.32. The molecule has 0 bridgehead atoms. The summed E-state index contributed by atoms with van der Waals surface area (Å²) in [7, 11) is 1.70. The fourth-order valence-electron chi connectivity index (χ4n) is 1.32. The van der Waals surface area contributed by atoms with Gasteiger partial charge in [-0.3, -0.25) is 0 Å². The van der Waals surface area contributed by atoms with Crippen molar-refractivity contribution in [1.29, 1.82) is 0 Å². The molecule has 0 saturated carbocycles. The summed E-state index contributed by atoms with van der Waals surface area (Å²) in [5.41, 5.74) is 2.42. The Labute approximate surface area is 80.0 Å². The van der Waals surface area contributed by atoms with Crippen molar-refractivity contribution < 1.29 is 4.74 Å². The lowest BCUT2D eigenvalue weighted by Crippen LogP contribution is -1.95. The highest BCUT2D eigenvalue weighted by Gasteiger charge is 2.07. The number of aryl methyl sites for hydroxylation is 1. The molecule has 0 radical (unpaired) electrons. The van der Waals surface area contributed by atoms with Crippen LogP contribution in [0.1, 0.15) is 24.0 Å². The molecule has 70 valence electrons. The first-order valence-corrected chi connectivity index (χ1v) is 4.46. The number of benzene rings is 1. The van der Waals surface area contributed by atoms with Crippen LogP contribution in [-0.4, -0.2) is 7.11 Å². The number of methoxy groups -OCH3 is 1. The van der Waals surface area contributed by atoms with E-state index in [1.54, 1.807) is 7.11 Å². The van der Waals surface area contributed by atoms with E-state index in [0.717, 1.165) is 5.75 Å². The zero-order valence-electron chi connectivity index (χ0n) is 8.50. The number of hydrogen-bond acceptors (Lipinski definition) is 1. The molecular weight excluding hydrogens is 160 g/mol. The van der Waals surface area contributed by atoms with Crippen LogP contribution in [0.2, 0.25) is 0 Å². The first-order valence-electron chi connectivity index (χ1n) is 4.46. The Bertz CT molecular complexity index is 302. The summed E-state index contributed by atoms with van der Waals surface area (Å²) in [6.45, 7) is 7.95. The standard InChI is InChI=1S/C12H16O/c1-5-10(3)11-7-6-9(2)8-12(11)13-4/h5-8,10H,1H2,2-4H3. The van der Waals surface area contributed by atoms with Gasteiger partial charge in [0, 0.05) is 11.5 Å². The first kappa shape index (κ1) is 9.85. The summed E-state index contributed by atoms with van der Waals surface area (Å²) in [5.74, 6) is 1.29. The number of rotatable bonds is 3. The van der Waals surface area contributed by atoms with Gasteiger partial charge < -0.3 is 4.74 Å².